The van der Waals surface area contributed by atoms with Crippen LogP contribution in [-0.2, 0) is 28.6 Å². The summed E-state index contributed by atoms with van der Waals surface area (Å²) in [6.45, 7) is 6.33. The number of ether oxygens (including phenoxy) is 3. The highest BCUT2D eigenvalue weighted by atomic mass is 16.6. The summed E-state index contributed by atoms with van der Waals surface area (Å²) in [6.07, 6.45) is 21.8. The van der Waals surface area contributed by atoms with Crippen molar-refractivity contribution in [3.63, 3.8) is 0 Å². The molecule has 0 rings (SSSR count). The maximum absolute atomic E-state index is 12.2. The molecule has 0 radical (unpaired) electrons. The summed E-state index contributed by atoms with van der Waals surface area (Å²) in [4.78, 5) is 36.4. The topological polar surface area (TPSA) is 78.9 Å². The largest absolute Gasteiger partial charge is 0.462 e. The van der Waals surface area contributed by atoms with E-state index in [9.17, 15) is 14.4 Å². The highest BCUT2D eigenvalue weighted by Crippen LogP contribution is 2.13. The average Bonchev–Trinajstić information content (AvgIpc) is 2.88. The summed E-state index contributed by atoms with van der Waals surface area (Å²) in [5, 5.41) is 0. The van der Waals surface area contributed by atoms with Gasteiger partial charge in [-0.1, -0.05) is 124 Å². The number of carbonyl (C=O) groups excluding carboxylic acids is 3. The molecular formula is C31H58O6. The minimum atomic E-state index is -0.751. The van der Waals surface area contributed by atoms with Crippen molar-refractivity contribution in [1.82, 2.24) is 0 Å². The molecule has 37 heavy (non-hydrogen) atoms. The standard InChI is InChI=1S/C31H58O6/c1-4-7-10-12-13-14-15-16-17-19-22-24-30(33)36-27-28(37-31(34)25-20-9-6-3)26-35-29(32)23-21-18-11-8-5-2/h28H,4-27H2,1-3H3. The van der Waals surface area contributed by atoms with E-state index < -0.39 is 6.10 Å². The lowest BCUT2D eigenvalue weighted by Crippen LogP contribution is -2.30. The van der Waals surface area contributed by atoms with Gasteiger partial charge in [-0.15, -0.1) is 0 Å². The van der Waals surface area contributed by atoms with Crippen molar-refractivity contribution in [2.24, 2.45) is 0 Å². The van der Waals surface area contributed by atoms with Gasteiger partial charge in [0.05, 0.1) is 0 Å². The molecule has 0 aromatic heterocycles. The highest BCUT2D eigenvalue weighted by molar-refractivity contribution is 5.71. The molecule has 0 amide bonds. The summed E-state index contributed by atoms with van der Waals surface area (Å²) < 4.78 is 16.2. The van der Waals surface area contributed by atoms with Crippen LogP contribution in [0, 0.1) is 0 Å². The molecule has 0 N–H and O–H groups in total. The zero-order valence-corrected chi connectivity index (χ0v) is 24.5. The van der Waals surface area contributed by atoms with E-state index in [0.29, 0.717) is 19.3 Å². The molecule has 0 bridgehead atoms. The summed E-state index contributed by atoms with van der Waals surface area (Å²) in [5.41, 5.74) is 0. The fourth-order valence-electron chi connectivity index (χ4n) is 4.20. The third-order valence-corrected chi connectivity index (χ3v) is 6.61. The second-order valence-corrected chi connectivity index (χ2v) is 10.4. The van der Waals surface area contributed by atoms with Gasteiger partial charge in [-0.25, -0.2) is 0 Å². The second-order valence-electron chi connectivity index (χ2n) is 10.4. The van der Waals surface area contributed by atoms with Gasteiger partial charge < -0.3 is 14.2 Å². The van der Waals surface area contributed by atoms with Crippen LogP contribution >= 0.6 is 0 Å². The Morgan fingerprint density at radius 3 is 1.14 bits per heavy atom. The van der Waals surface area contributed by atoms with E-state index in [-0.39, 0.29) is 31.1 Å². The van der Waals surface area contributed by atoms with Gasteiger partial charge in [-0.05, 0) is 19.3 Å². The number of carbonyl (C=O) groups is 3. The molecule has 218 valence electrons. The van der Waals surface area contributed by atoms with Crippen LogP contribution in [0.1, 0.15) is 162 Å². The quantitative estimate of drug-likeness (QED) is 0.0605. The van der Waals surface area contributed by atoms with Crippen LogP contribution in [0.4, 0.5) is 0 Å². The molecule has 0 aliphatic heterocycles. The summed E-state index contributed by atoms with van der Waals surface area (Å²) in [6, 6.07) is 0. The predicted octanol–water partition coefficient (Wildman–Crippen LogP) is 8.63. The third kappa shape index (κ3) is 25.8. The molecular weight excluding hydrogens is 468 g/mol. The smallest absolute Gasteiger partial charge is 0.306 e. The van der Waals surface area contributed by atoms with Crippen LogP contribution in [0.15, 0.2) is 0 Å². The molecule has 0 aliphatic carbocycles. The first kappa shape index (κ1) is 35.4. The van der Waals surface area contributed by atoms with E-state index in [1.807, 2.05) is 0 Å². The van der Waals surface area contributed by atoms with Gasteiger partial charge in [0.15, 0.2) is 6.10 Å². The monoisotopic (exact) mass is 526 g/mol. The van der Waals surface area contributed by atoms with E-state index >= 15 is 0 Å². The van der Waals surface area contributed by atoms with Gasteiger partial charge in [0.2, 0.25) is 0 Å². The number of hydrogen-bond acceptors (Lipinski definition) is 6. The molecule has 0 saturated carbocycles. The van der Waals surface area contributed by atoms with Crippen LogP contribution in [0.5, 0.6) is 0 Å². The molecule has 0 fully saturated rings. The van der Waals surface area contributed by atoms with Crippen molar-refractivity contribution >= 4 is 17.9 Å². The first-order valence-electron chi connectivity index (χ1n) is 15.5. The number of hydrogen-bond donors (Lipinski definition) is 0. The van der Waals surface area contributed by atoms with Crippen LogP contribution in [-0.4, -0.2) is 37.2 Å². The van der Waals surface area contributed by atoms with Gasteiger partial charge in [-0.3, -0.25) is 14.4 Å². The normalized spacial score (nSPS) is 11.8. The van der Waals surface area contributed by atoms with E-state index in [1.54, 1.807) is 0 Å². The molecule has 6 nitrogen and oxygen atoms in total. The van der Waals surface area contributed by atoms with Crippen molar-refractivity contribution in [1.29, 1.82) is 0 Å². The Bertz CT molecular complexity index is 548. The van der Waals surface area contributed by atoms with E-state index in [0.717, 1.165) is 64.2 Å². The Kier molecular flexibility index (Phi) is 26.3. The molecule has 0 aromatic carbocycles. The van der Waals surface area contributed by atoms with E-state index in [4.69, 9.17) is 14.2 Å². The molecule has 0 aliphatic rings. The van der Waals surface area contributed by atoms with Gasteiger partial charge in [0.25, 0.3) is 0 Å². The van der Waals surface area contributed by atoms with Gasteiger partial charge in [0.1, 0.15) is 13.2 Å². The maximum Gasteiger partial charge on any atom is 0.306 e. The number of rotatable bonds is 27. The minimum absolute atomic E-state index is 0.0693. The summed E-state index contributed by atoms with van der Waals surface area (Å²) in [7, 11) is 0. The van der Waals surface area contributed by atoms with Gasteiger partial charge in [-0.2, -0.15) is 0 Å². The van der Waals surface area contributed by atoms with Gasteiger partial charge in [0, 0.05) is 19.3 Å². The van der Waals surface area contributed by atoms with Crippen LogP contribution in [0.3, 0.4) is 0 Å². The first-order chi connectivity index (χ1) is 18.0. The third-order valence-electron chi connectivity index (χ3n) is 6.61. The zero-order valence-electron chi connectivity index (χ0n) is 24.5. The SMILES string of the molecule is CCCCCCCCCCCCCC(=O)OCC(COC(=O)CCCCCCC)OC(=O)CCCCC. The Morgan fingerprint density at radius 1 is 0.432 bits per heavy atom. The second kappa shape index (κ2) is 27.4. The number of unbranched alkanes of at least 4 members (excludes halogenated alkanes) is 16. The van der Waals surface area contributed by atoms with Crippen molar-refractivity contribution in [2.45, 2.75) is 168 Å². The maximum atomic E-state index is 12.2. The summed E-state index contributed by atoms with van der Waals surface area (Å²) >= 11 is 0. The van der Waals surface area contributed by atoms with Gasteiger partial charge >= 0.3 is 17.9 Å². The Hall–Kier alpha value is -1.59. The Morgan fingerprint density at radius 2 is 0.730 bits per heavy atom. The average molecular weight is 527 g/mol. The molecule has 1 unspecified atom stereocenters. The molecule has 0 aromatic rings. The fraction of sp³-hybridized carbons (Fsp3) is 0.903. The van der Waals surface area contributed by atoms with Crippen molar-refractivity contribution in [2.75, 3.05) is 13.2 Å². The lowest BCUT2D eigenvalue weighted by Gasteiger charge is -2.18. The number of esters is 3. The van der Waals surface area contributed by atoms with Crippen molar-refractivity contribution in [3.05, 3.63) is 0 Å². The molecule has 0 spiro atoms. The van der Waals surface area contributed by atoms with Crippen LogP contribution in [0.25, 0.3) is 0 Å². The minimum Gasteiger partial charge on any atom is -0.462 e. The highest BCUT2D eigenvalue weighted by Gasteiger charge is 2.19. The zero-order chi connectivity index (χ0) is 27.4. The predicted molar refractivity (Wildman–Crippen MR) is 150 cm³/mol. The van der Waals surface area contributed by atoms with Crippen molar-refractivity contribution in [3.8, 4) is 0 Å². The fourth-order valence-corrected chi connectivity index (χ4v) is 4.20. The molecule has 0 heterocycles. The van der Waals surface area contributed by atoms with Crippen molar-refractivity contribution < 1.29 is 28.6 Å². The van der Waals surface area contributed by atoms with Crippen LogP contribution in [0.2, 0.25) is 0 Å². The Labute approximate surface area is 228 Å². The Balaban J connectivity index is 4.15. The van der Waals surface area contributed by atoms with E-state index in [2.05, 4.69) is 20.8 Å². The van der Waals surface area contributed by atoms with E-state index in [1.165, 1.54) is 57.8 Å². The summed E-state index contributed by atoms with van der Waals surface area (Å²) in [5.74, 6) is -0.920. The molecule has 0 saturated heterocycles. The first-order valence-corrected chi connectivity index (χ1v) is 15.5. The molecule has 6 heteroatoms. The lowest BCUT2D eigenvalue weighted by atomic mass is 10.1. The molecule has 1 atom stereocenters. The van der Waals surface area contributed by atoms with Crippen LogP contribution < -0.4 is 0 Å². The lowest BCUT2D eigenvalue weighted by molar-refractivity contribution is -0.167.